The molecule has 1 saturated carbocycles. The van der Waals surface area contributed by atoms with Crippen molar-refractivity contribution in [2.24, 2.45) is 11.8 Å². The zero-order valence-corrected chi connectivity index (χ0v) is 12.7. The molecule has 0 aromatic heterocycles. The van der Waals surface area contributed by atoms with Crippen molar-refractivity contribution < 1.29 is 9.53 Å². The van der Waals surface area contributed by atoms with Crippen molar-refractivity contribution in [2.45, 2.75) is 44.8 Å². The summed E-state index contributed by atoms with van der Waals surface area (Å²) >= 11 is 0. The predicted molar refractivity (Wildman–Crippen MR) is 82.4 cm³/mol. The normalized spacial score (nSPS) is 32.2. The molecule has 3 heteroatoms. The summed E-state index contributed by atoms with van der Waals surface area (Å²) in [5.41, 5.74) is 1.89. The van der Waals surface area contributed by atoms with Gasteiger partial charge in [-0.05, 0) is 50.7 Å². The first kappa shape index (κ1) is 12.9. The third-order valence-corrected chi connectivity index (χ3v) is 4.86. The number of carbonyl (C=O) groups is 1. The molecule has 1 aliphatic heterocycles. The van der Waals surface area contributed by atoms with E-state index in [1.165, 1.54) is 12.0 Å². The number of fused-ring (bicyclic) bond motifs is 7. The van der Waals surface area contributed by atoms with Crippen LogP contribution in [0.15, 0.2) is 36.4 Å². The molecule has 4 atom stereocenters. The second-order valence-corrected chi connectivity index (χ2v) is 7.37. The van der Waals surface area contributed by atoms with E-state index in [4.69, 9.17) is 4.74 Å². The Morgan fingerprint density at radius 3 is 2.67 bits per heavy atom. The minimum atomic E-state index is -0.461. The maximum atomic E-state index is 12.7. The number of ether oxygens (including phenoxy) is 1. The standard InChI is InChI=1S/C18H21NO2/c1-18(2,3)21-17(20)19-14-7-5-4-6-13(14)15-11-8-9-12(10-11)16(15)19/h4-9,11-12,15-16H,10H2,1-3H3. The third kappa shape index (κ3) is 1.83. The average Bonchev–Trinajstić information content (AvgIpc) is 3.06. The molecule has 1 aromatic carbocycles. The van der Waals surface area contributed by atoms with E-state index < -0.39 is 5.60 Å². The summed E-state index contributed by atoms with van der Waals surface area (Å²) in [5.74, 6) is 1.50. The van der Waals surface area contributed by atoms with Crippen LogP contribution in [0.25, 0.3) is 0 Å². The highest BCUT2D eigenvalue weighted by Crippen LogP contribution is 2.58. The van der Waals surface area contributed by atoms with Gasteiger partial charge in [-0.1, -0.05) is 30.4 Å². The Bertz CT molecular complexity index is 628. The third-order valence-electron chi connectivity index (χ3n) is 4.86. The number of amides is 1. The molecule has 1 aromatic rings. The van der Waals surface area contributed by atoms with E-state index in [1.54, 1.807) is 0 Å². The molecule has 0 radical (unpaired) electrons. The quantitative estimate of drug-likeness (QED) is 0.671. The smallest absolute Gasteiger partial charge is 0.415 e. The highest BCUT2D eigenvalue weighted by atomic mass is 16.6. The molecular weight excluding hydrogens is 262 g/mol. The van der Waals surface area contributed by atoms with Gasteiger partial charge in [-0.3, -0.25) is 4.90 Å². The second-order valence-electron chi connectivity index (χ2n) is 7.37. The monoisotopic (exact) mass is 283 g/mol. The number of hydrogen-bond donors (Lipinski definition) is 0. The molecule has 0 N–H and O–H groups in total. The van der Waals surface area contributed by atoms with Crippen LogP contribution in [0, 0.1) is 11.8 Å². The largest absolute Gasteiger partial charge is 0.443 e. The summed E-state index contributed by atoms with van der Waals surface area (Å²) in [6.07, 6.45) is 5.59. The van der Waals surface area contributed by atoms with Gasteiger partial charge in [0.25, 0.3) is 0 Å². The fraction of sp³-hybridized carbons (Fsp3) is 0.500. The lowest BCUT2D eigenvalue weighted by Crippen LogP contribution is -2.44. The van der Waals surface area contributed by atoms with Gasteiger partial charge in [-0.25, -0.2) is 4.79 Å². The average molecular weight is 283 g/mol. The molecular formula is C18H21NO2. The minimum Gasteiger partial charge on any atom is -0.443 e. The van der Waals surface area contributed by atoms with E-state index in [-0.39, 0.29) is 12.1 Å². The van der Waals surface area contributed by atoms with Crippen LogP contribution in [0.5, 0.6) is 0 Å². The Balaban J connectivity index is 1.76. The van der Waals surface area contributed by atoms with Gasteiger partial charge >= 0.3 is 6.09 Å². The van der Waals surface area contributed by atoms with Crippen LogP contribution >= 0.6 is 0 Å². The van der Waals surface area contributed by atoms with E-state index in [0.717, 1.165) is 5.69 Å². The summed E-state index contributed by atoms with van der Waals surface area (Å²) < 4.78 is 5.66. The van der Waals surface area contributed by atoms with E-state index in [2.05, 4.69) is 30.4 Å². The number of nitrogens with zero attached hydrogens (tertiary/aromatic N) is 1. The molecule has 3 aliphatic rings. The van der Waals surface area contributed by atoms with Crippen molar-refractivity contribution in [2.75, 3.05) is 4.90 Å². The first-order chi connectivity index (χ1) is 9.96. The molecule has 2 bridgehead atoms. The highest BCUT2D eigenvalue weighted by molar-refractivity contribution is 5.92. The number of anilines is 1. The van der Waals surface area contributed by atoms with Gasteiger partial charge in [0.1, 0.15) is 5.60 Å². The molecule has 1 amide bonds. The van der Waals surface area contributed by atoms with Crippen molar-refractivity contribution in [1.29, 1.82) is 0 Å². The first-order valence-corrected chi connectivity index (χ1v) is 7.75. The van der Waals surface area contributed by atoms with Crippen molar-refractivity contribution >= 4 is 11.8 Å². The first-order valence-electron chi connectivity index (χ1n) is 7.75. The Morgan fingerprint density at radius 1 is 1.19 bits per heavy atom. The van der Waals surface area contributed by atoms with E-state index >= 15 is 0 Å². The zero-order chi connectivity index (χ0) is 14.8. The topological polar surface area (TPSA) is 29.5 Å². The molecule has 0 saturated heterocycles. The Hall–Kier alpha value is -1.77. The van der Waals surface area contributed by atoms with Gasteiger partial charge in [0.2, 0.25) is 0 Å². The maximum absolute atomic E-state index is 12.7. The van der Waals surface area contributed by atoms with Crippen LogP contribution in [-0.2, 0) is 4.74 Å². The summed E-state index contributed by atoms with van der Waals surface area (Å²) in [6.45, 7) is 5.77. The lowest BCUT2D eigenvalue weighted by molar-refractivity contribution is 0.0563. The van der Waals surface area contributed by atoms with Gasteiger partial charge in [-0.2, -0.15) is 0 Å². The minimum absolute atomic E-state index is 0.205. The van der Waals surface area contributed by atoms with Gasteiger partial charge < -0.3 is 4.74 Å². The number of benzene rings is 1. The number of para-hydroxylation sites is 1. The van der Waals surface area contributed by atoms with Gasteiger partial charge in [-0.15, -0.1) is 0 Å². The fourth-order valence-corrected chi connectivity index (χ4v) is 4.24. The van der Waals surface area contributed by atoms with Crippen LogP contribution in [-0.4, -0.2) is 17.7 Å². The zero-order valence-electron chi connectivity index (χ0n) is 12.7. The van der Waals surface area contributed by atoms with Crippen molar-refractivity contribution in [3.8, 4) is 0 Å². The van der Waals surface area contributed by atoms with Crippen molar-refractivity contribution in [3.05, 3.63) is 42.0 Å². The van der Waals surface area contributed by atoms with E-state index in [9.17, 15) is 4.79 Å². The Kier molecular flexibility index (Phi) is 2.54. The molecule has 1 heterocycles. The molecule has 1 fully saturated rings. The number of carbonyl (C=O) groups excluding carboxylic acids is 1. The molecule has 2 aliphatic carbocycles. The fourth-order valence-electron chi connectivity index (χ4n) is 4.24. The van der Waals surface area contributed by atoms with Crippen LogP contribution in [0.1, 0.15) is 38.7 Å². The molecule has 110 valence electrons. The summed E-state index contributed by atoms with van der Waals surface area (Å²) in [7, 11) is 0. The lowest BCUT2D eigenvalue weighted by Gasteiger charge is -2.32. The second kappa shape index (κ2) is 4.12. The number of rotatable bonds is 0. The molecule has 4 rings (SSSR count). The Morgan fingerprint density at radius 2 is 1.90 bits per heavy atom. The highest BCUT2D eigenvalue weighted by Gasteiger charge is 2.55. The molecule has 3 nitrogen and oxygen atoms in total. The molecule has 21 heavy (non-hydrogen) atoms. The summed E-state index contributed by atoms with van der Waals surface area (Å²) in [5, 5.41) is 0. The number of allylic oxidation sites excluding steroid dienone is 1. The van der Waals surface area contributed by atoms with Gasteiger partial charge in [0.05, 0.1) is 11.7 Å². The molecule has 0 spiro atoms. The molecule has 4 unspecified atom stereocenters. The van der Waals surface area contributed by atoms with Crippen molar-refractivity contribution in [1.82, 2.24) is 0 Å². The van der Waals surface area contributed by atoms with Crippen LogP contribution in [0.4, 0.5) is 10.5 Å². The van der Waals surface area contributed by atoms with Gasteiger partial charge in [0.15, 0.2) is 0 Å². The Labute approximate surface area is 125 Å². The number of hydrogen-bond acceptors (Lipinski definition) is 2. The van der Waals surface area contributed by atoms with Gasteiger partial charge in [0, 0.05) is 5.92 Å². The van der Waals surface area contributed by atoms with Crippen LogP contribution < -0.4 is 4.90 Å². The SMILES string of the molecule is CC(C)(C)OC(=O)N1c2ccccc2C2C3C=CC(C3)C21. The van der Waals surface area contributed by atoms with Crippen LogP contribution in [0.3, 0.4) is 0 Å². The summed E-state index contributed by atoms with van der Waals surface area (Å²) in [6, 6.07) is 8.55. The summed E-state index contributed by atoms with van der Waals surface area (Å²) in [4.78, 5) is 14.6. The maximum Gasteiger partial charge on any atom is 0.415 e. The predicted octanol–water partition coefficient (Wildman–Crippen LogP) is 4.10. The van der Waals surface area contributed by atoms with Crippen LogP contribution in [0.2, 0.25) is 0 Å². The van der Waals surface area contributed by atoms with Crippen molar-refractivity contribution in [3.63, 3.8) is 0 Å². The lowest BCUT2D eigenvalue weighted by atomic mass is 9.86. The van der Waals surface area contributed by atoms with E-state index in [1.807, 2.05) is 31.7 Å². The van der Waals surface area contributed by atoms with E-state index in [0.29, 0.717) is 17.8 Å².